The van der Waals surface area contributed by atoms with Crippen molar-refractivity contribution in [3.8, 4) is 0 Å². The topological polar surface area (TPSA) is 86.1 Å². The molecule has 7 heteroatoms. The molecule has 0 unspecified atom stereocenters. The van der Waals surface area contributed by atoms with Crippen molar-refractivity contribution in [2.45, 2.75) is 19.5 Å². The number of carbonyl (C=O) groups is 2. The average molecular weight is 438 g/mol. The van der Waals surface area contributed by atoms with Gasteiger partial charge in [-0.2, -0.15) is 0 Å². The largest absolute Gasteiger partial charge is 0.465 e. The molecule has 0 aliphatic carbocycles. The Labute approximate surface area is 190 Å². The zero-order chi connectivity index (χ0) is 22.8. The quantitative estimate of drug-likeness (QED) is 0.401. The molecule has 2 aromatic heterocycles. The summed E-state index contributed by atoms with van der Waals surface area (Å²) in [5.74, 6) is -0.445. The predicted octanol–water partition coefficient (Wildman–Crippen LogP) is 4.23. The second-order valence-corrected chi connectivity index (χ2v) is 7.77. The Bertz CT molecular complexity index is 1490. The third kappa shape index (κ3) is 4.01. The smallest absolute Gasteiger partial charge is 0.337 e. The van der Waals surface area contributed by atoms with Crippen molar-refractivity contribution < 1.29 is 14.3 Å². The maximum Gasteiger partial charge on any atom is 0.337 e. The van der Waals surface area contributed by atoms with Crippen molar-refractivity contribution in [3.63, 3.8) is 0 Å². The van der Waals surface area contributed by atoms with Crippen LogP contribution in [0.25, 0.3) is 33.1 Å². The molecule has 0 aliphatic rings. The van der Waals surface area contributed by atoms with Crippen molar-refractivity contribution in [2.24, 2.45) is 0 Å². The van der Waals surface area contributed by atoms with Crippen LogP contribution in [0, 0.1) is 0 Å². The number of hydrogen-bond acceptors (Lipinski definition) is 5. The zero-order valence-corrected chi connectivity index (χ0v) is 18.1. The molecule has 0 radical (unpaired) electrons. The molecule has 164 valence electrons. The summed E-state index contributed by atoms with van der Waals surface area (Å²) in [6.45, 7) is 0.877. The van der Waals surface area contributed by atoms with Crippen molar-refractivity contribution in [1.29, 1.82) is 0 Å². The highest BCUT2D eigenvalue weighted by atomic mass is 16.5. The molecule has 33 heavy (non-hydrogen) atoms. The Morgan fingerprint density at radius 2 is 1.61 bits per heavy atom. The summed E-state index contributed by atoms with van der Waals surface area (Å²) in [6, 6.07) is 22.8. The number of methoxy groups -OCH3 is 1. The van der Waals surface area contributed by atoms with Crippen LogP contribution in [0.3, 0.4) is 0 Å². The van der Waals surface area contributed by atoms with E-state index < -0.39 is 0 Å². The number of fused-ring (bicyclic) bond motifs is 4. The minimum absolute atomic E-state index is 0.0632. The van der Waals surface area contributed by atoms with Crippen LogP contribution in [-0.2, 0) is 22.6 Å². The molecule has 1 amide bonds. The predicted molar refractivity (Wildman–Crippen MR) is 127 cm³/mol. The van der Waals surface area contributed by atoms with Crippen molar-refractivity contribution in [1.82, 2.24) is 19.9 Å². The molecule has 1 N–H and O–H groups in total. The second kappa shape index (κ2) is 8.70. The highest BCUT2D eigenvalue weighted by Gasteiger charge is 2.15. The molecule has 0 fully saturated rings. The minimum atomic E-state index is -0.382. The van der Waals surface area contributed by atoms with Gasteiger partial charge >= 0.3 is 5.97 Å². The van der Waals surface area contributed by atoms with E-state index in [1.807, 2.05) is 48.5 Å². The van der Waals surface area contributed by atoms with Gasteiger partial charge in [-0.25, -0.2) is 14.8 Å². The van der Waals surface area contributed by atoms with Crippen LogP contribution in [0.4, 0.5) is 0 Å². The first-order chi connectivity index (χ1) is 16.1. The van der Waals surface area contributed by atoms with Gasteiger partial charge in [0, 0.05) is 24.9 Å². The fourth-order valence-corrected chi connectivity index (χ4v) is 3.99. The van der Waals surface area contributed by atoms with Crippen LogP contribution < -0.4 is 5.32 Å². The number of carbonyl (C=O) groups excluding carboxylic acids is 2. The third-order valence-corrected chi connectivity index (χ3v) is 5.68. The van der Waals surface area contributed by atoms with Crippen LogP contribution in [0.15, 0.2) is 72.8 Å². The number of nitrogens with one attached hydrogen (secondary N) is 1. The normalized spacial score (nSPS) is 11.2. The molecular weight excluding hydrogens is 416 g/mol. The number of rotatable bonds is 6. The summed E-state index contributed by atoms with van der Waals surface area (Å²) in [7, 11) is 1.35. The number of hydrogen-bond donors (Lipinski definition) is 1. The van der Waals surface area contributed by atoms with E-state index in [0.717, 1.165) is 38.7 Å². The van der Waals surface area contributed by atoms with Gasteiger partial charge in [0.2, 0.25) is 5.91 Å². The number of ether oxygens (including phenoxy) is 1. The third-order valence-electron chi connectivity index (χ3n) is 5.68. The van der Waals surface area contributed by atoms with Crippen LogP contribution in [0.1, 0.15) is 22.3 Å². The molecule has 0 bridgehead atoms. The lowest BCUT2D eigenvalue weighted by Crippen LogP contribution is -2.24. The van der Waals surface area contributed by atoms with Gasteiger partial charge in [-0.05, 0) is 35.9 Å². The Hall–Kier alpha value is -4.26. The van der Waals surface area contributed by atoms with E-state index >= 15 is 0 Å². The molecule has 2 heterocycles. The molecule has 3 aromatic carbocycles. The monoisotopic (exact) mass is 438 g/mol. The fraction of sp³-hybridized carbons (Fsp3) is 0.154. The highest BCUT2D eigenvalue weighted by molar-refractivity contribution is 6.06. The number of aromatic nitrogens is 3. The van der Waals surface area contributed by atoms with Gasteiger partial charge in [0.25, 0.3) is 0 Å². The molecular formula is C26H22N4O3. The molecule has 0 saturated heterocycles. The standard InChI is InChI=1S/C26H22N4O3/c1-33-26(32)18-12-10-17(11-13-18)16-27-23(31)14-15-30-22-9-5-2-6-19(22)24-25(30)29-21-8-4-3-7-20(21)28-24/h2-13H,14-16H2,1H3,(H,27,31). The summed E-state index contributed by atoms with van der Waals surface area (Å²) in [5.41, 5.74) is 5.70. The van der Waals surface area contributed by atoms with E-state index in [1.165, 1.54) is 7.11 Å². The molecule has 7 nitrogen and oxygen atoms in total. The van der Waals surface area contributed by atoms with E-state index in [-0.39, 0.29) is 11.9 Å². The number of esters is 1. The summed E-state index contributed by atoms with van der Waals surface area (Å²) in [6.07, 6.45) is 0.308. The molecule has 0 atom stereocenters. The summed E-state index contributed by atoms with van der Waals surface area (Å²) >= 11 is 0. The molecule has 0 aliphatic heterocycles. The lowest BCUT2D eigenvalue weighted by Gasteiger charge is -2.09. The first kappa shape index (κ1) is 20.6. The minimum Gasteiger partial charge on any atom is -0.465 e. The van der Waals surface area contributed by atoms with Crippen LogP contribution in [0.5, 0.6) is 0 Å². The molecule has 5 aromatic rings. The van der Waals surface area contributed by atoms with E-state index in [9.17, 15) is 9.59 Å². The van der Waals surface area contributed by atoms with Gasteiger partial charge in [-0.1, -0.05) is 42.5 Å². The average Bonchev–Trinajstić information content (AvgIpc) is 3.17. The van der Waals surface area contributed by atoms with E-state index in [2.05, 4.69) is 9.88 Å². The Kier molecular flexibility index (Phi) is 5.44. The van der Waals surface area contributed by atoms with Crippen molar-refractivity contribution >= 4 is 45.0 Å². The first-order valence-electron chi connectivity index (χ1n) is 10.7. The molecule has 0 saturated carbocycles. The lowest BCUT2D eigenvalue weighted by atomic mass is 10.1. The van der Waals surface area contributed by atoms with Crippen LogP contribution >= 0.6 is 0 Å². The summed E-state index contributed by atoms with van der Waals surface area (Å²) in [5, 5.41) is 3.97. The van der Waals surface area contributed by atoms with Gasteiger partial charge in [0.1, 0.15) is 5.52 Å². The first-order valence-corrected chi connectivity index (χ1v) is 10.7. The Morgan fingerprint density at radius 3 is 2.36 bits per heavy atom. The van der Waals surface area contributed by atoms with Crippen LogP contribution in [-0.4, -0.2) is 33.5 Å². The van der Waals surface area contributed by atoms with Crippen molar-refractivity contribution in [3.05, 3.63) is 83.9 Å². The lowest BCUT2D eigenvalue weighted by molar-refractivity contribution is -0.121. The van der Waals surface area contributed by atoms with Crippen molar-refractivity contribution in [2.75, 3.05) is 7.11 Å². The number of benzene rings is 3. The van der Waals surface area contributed by atoms with E-state index in [1.54, 1.807) is 24.3 Å². The SMILES string of the molecule is COC(=O)c1ccc(CNC(=O)CCn2c3ccccc3c3nc4ccccc4nc32)cc1. The fourth-order valence-electron chi connectivity index (χ4n) is 3.99. The van der Waals surface area contributed by atoms with Gasteiger partial charge in [-0.15, -0.1) is 0 Å². The Balaban J connectivity index is 1.34. The van der Waals surface area contributed by atoms with E-state index in [0.29, 0.717) is 25.1 Å². The van der Waals surface area contributed by atoms with Gasteiger partial charge in [0.05, 0.1) is 29.2 Å². The van der Waals surface area contributed by atoms with E-state index in [4.69, 9.17) is 14.7 Å². The maximum absolute atomic E-state index is 12.6. The zero-order valence-electron chi connectivity index (χ0n) is 18.1. The number of nitrogens with zero attached hydrogens (tertiary/aromatic N) is 3. The number of amides is 1. The maximum atomic E-state index is 12.6. The van der Waals surface area contributed by atoms with Gasteiger partial charge in [-0.3, -0.25) is 4.79 Å². The van der Waals surface area contributed by atoms with Gasteiger partial charge < -0.3 is 14.6 Å². The molecule has 0 spiro atoms. The summed E-state index contributed by atoms with van der Waals surface area (Å²) < 4.78 is 6.77. The Morgan fingerprint density at radius 1 is 0.909 bits per heavy atom. The van der Waals surface area contributed by atoms with Gasteiger partial charge in [0.15, 0.2) is 5.65 Å². The van der Waals surface area contributed by atoms with Crippen LogP contribution in [0.2, 0.25) is 0 Å². The second-order valence-electron chi connectivity index (χ2n) is 7.77. The number of para-hydroxylation sites is 3. The highest BCUT2D eigenvalue weighted by Crippen LogP contribution is 2.28. The summed E-state index contributed by atoms with van der Waals surface area (Å²) in [4.78, 5) is 33.8. The number of aryl methyl sites for hydroxylation is 1. The molecule has 5 rings (SSSR count).